The van der Waals surface area contributed by atoms with Crippen molar-refractivity contribution in [1.29, 1.82) is 0 Å². The van der Waals surface area contributed by atoms with Gasteiger partial charge in [-0.1, -0.05) is 6.42 Å². The molecule has 0 amide bonds. The van der Waals surface area contributed by atoms with Crippen molar-refractivity contribution in [3.63, 3.8) is 0 Å². The van der Waals surface area contributed by atoms with Gasteiger partial charge in [0.1, 0.15) is 6.04 Å². The number of carbonyl (C=O) groups excluding carboxylic acids is 1. The second-order valence-corrected chi connectivity index (χ2v) is 2.84. The Kier molecular flexibility index (Phi) is 3.41. The lowest BCUT2D eigenvalue weighted by Crippen LogP contribution is -2.40. The Hall–Kier alpha value is 0.160. The van der Waals surface area contributed by atoms with E-state index in [9.17, 15) is 4.79 Å². The maximum Gasteiger partial charge on any atom is 0.332 e. The summed E-state index contributed by atoms with van der Waals surface area (Å²) in [6.07, 6.45) is 3.22. The fraction of sp³-hybridized carbons (Fsp3) is 0.833. The van der Waals surface area contributed by atoms with Gasteiger partial charge in [-0.15, -0.1) is 0 Å². The molecule has 1 aliphatic heterocycles. The summed E-state index contributed by atoms with van der Waals surface area (Å²) >= 11 is 1.63. The zero-order valence-electron chi connectivity index (χ0n) is 5.60. The van der Waals surface area contributed by atoms with Crippen molar-refractivity contribution in [1.82, 2.24) is 5.32 Å². The van der Waals surface area contributed by atoms with Crippen LogP contribution in [-0.4, -0.2) is 18.6 Å². The van der Waals surface area contributed by atoms with Gasteiger partial charge >= 0.3 is 5.97 Å². The van der Waals surface area contributed by atoms with Crippen molar-refractivity contribution in [2.24, 2.45) is 0 Å². The van der Waals surface area contributed by atoms with Gasteiger partial charge in [-0.25, -0.2) is 4.79 Å². The van der Waals surface area contributed by atoms with E-state index >= 15 is 0 Å². The standard InChI is InChI=1S/C6H10INO2/c7-10-6(9)5-3-1-2-4-8-5/h5,8H,1-4H2. The van der Waals surface area contributed by atoms with Crippen LogP contribution in [0.2, 0.25) is 0 Å². The molecular formula is C6H10INO2. The third-order valence-electron chi connectivity index (χ3n) is 1.67. The minimum atomic E-state index is -0.139. The lowest BCUT2D eigenvalue weighted by Gasteiger charge is -2.19. The van der Waals surface area contributed by atoms with Gasteiger partial charge in [0.2, 0.25) is 0 Å². The molecular weight excluding hydrogens is 245 g/mol. The molecule has 0 saturated carbocycles. The quantitative estimate of drug-likeness (QED) is 0.711. The number of hydrogen-bond donors (Lipinski definition) is 1. The summed E-state index contributed by atoms with van der Waals surface area (Å²) in [6, 6.07) is -0.0503. The Bertz CT molecular complexity index is 123. The van der Waals surface area contributed by atoms with E-state index in [1.807, 2.05) is 0 Å². The van der Waals surface area contributed by atoms with Crippen LogP contribution in [-0.2, 0) is 7.86 Å². The lowest BCUT2D eigenvalue weighted by atomic mass is 10.1. The van der Waals surface area contributed by atoms with Crippen molar-refractivity contribution in [3.8, 4) is 0 Å². The molecule has 1 aliphatic rings. The number of carbonyl (C=O) groups is 1. The molecule has 1 unspecified atom stereocenters. The molecule has 1 fully saturated rings. The van der Waals surface area contributed by atoms with Crippen LogP contribution in [0.15, 0.2) is 0 Å². The summed E-state index contributed by atoms with van der Waals surface area (Å²) < 4.78 is 4.56. The topological polar surface area (TPSA) is 38.3 Å². The van der Waals surface area contributed by atoms with Crippen LogP contribution in [0.1, 0.15) is 19.3 Å². The highest BCUT2D eigenvalue weighted by Gasteiger charge is 2.20. The highest BCUT2D eigenvalue weighted by atomic mass is 127. The lowest BCUT2D eigenvalue weighted by molar-refractivity contribution is -0.134. The van der Waals surface area contributed by atoms with Gasteiger partial charge in [-0.3, -0.25) is 0 Å². The van der Waals surface area contributed by atoms with Crippen LogP contribution in [0.5, 0.6) is 0 Å². The van der Waals surface area contributed by atoms with Crippen molar-refractivity contribution in [2.45, 2.75) is 25.3 Å². The average Bonchev–Trinajstić information content (AvgIpc) is 2.05. The highest BCUT2D eigenvalue weighted by Crippen LogP contribution is 2.09. The first-order valence-electron chi connectivity index (χ1n) is 3.40. The van der Waals surface area contributed by atoms with E-state index in [-0.39, 0.29) is 12.0 Å². The highest BCUT2D eigenvalue weighted by molar-refractivity contribution is 14.1. The van der Waals surface area contributed by atoms with Crippen molar-refractivity contribution in [2.75, 3.05) is 6.54 Å². The normalized spacial score (nSPS) is 25.9. The van der Waals surface area contributed by atoms with E-state index in [4.69, 9.17) is 0 Å². The predicted octanol–water partition coefficient (Wildman–Crippen LogP) is 1.02. The second-order valence-electron chi connectivity index (χ2n) is 2.40. The van der Waals surface area contributed by atoms with Crippen LogP contribution in [0, 0.1) is 0 Å². The summed E-state index contributed by atoms with van der Waals surface area (Å²) in [7, 11) is 0. The van der Waals surface area contributed by atoms with E-state index in [2.05, 4.69) is 8.38 Å². The summed E-state index contributed by atoms with van der Waals surface area (Å²) in [6.45, 7) is 0.941. The zero-order chi connectivity index (χ0) is 7.40. The summed E-state index contributed by atoms with van der Waals surface area (Å²) in [5, 5.41) is 3.09. The third-order valence-corrected chi connectivity index (χ3v) is 2.10. The molecule has 10 heavy (non-hydrogen) atoms. The molecule has 0 aromatic carbocycles. The molecule has 0 radical (unpaired) electrons. The fourth-order valence-corrected chi connectivity index (χ4v) is 1.41. The summed E-state index contributed by atoms with van der Waals surface area (Å²) in [5.74, 6) is -0.139. The third kappa shape index (κ3) is 2.09. The Morgan fingerprint density at radius 1 is 1.60 bits per heavy atom. The van der Waals surface area contributed by atoms with Gasteiger partial charge in [0.25, 0.3) is 0 Å². The molecule has 0 bridgehead atoms. The van der Waals surface area contributed by atoms with Gasteiger partial charge in [-0.2, -0.15) is 0 Å². The molecule has 0 aromatic rings. The van der Waals surface area contributed by atoms with Crippen LogP contribution < -0.4 is 5.32 Å². The largest absolute Gasteiger partial charge is 0.393 e. The maximum atomic E-state index is 10.9. The molecule has 1 saturated heterocycles. The molecule has 0 spiro atoms. The first-order valence-corrected chi connectivity index (χ1v) is 4.28. The number of rotatable bonds is 1. The molecule has 3 nitrogen and oxygen atoms in total. The molecule has 1 atom stereocenters. The molecule has 1 N–H and O–H groups in total. The molecule has 1 heterocycles. The SMILES string of the molecule is O=C(OI)C1CCCCN1. The van der Waals surface area contributed by atoms with Crippen molar-refractivity contribution >= 4 is 29.0 Å². The number of piperidine rings is 1. The zero-order valence-corrected chi connectivity index (χ0v) is 7.76. The number of nitrogens with one attached hydrogen (secondary N) is 1. The Morgan fingerprint density at radius 2 is 2.40 bits per heavy atom. The fourth-order valence-electron chi connectivity index (χ4n) is 1.11. The van der Waals surface area contributed by atoms with E-state index in [0.29, 0.717) is 0 Å². The van der Waals surface area contributed by atoms with Gasteiger partial charge in [0.05, 0.1) is 0 Å². The van der Waals surface area contributed by atoms with Crippen LogP contribution in [0.25, 0.3) is 0 Å². The Balaban J connectivity index is 2.31. The van der Waals surface area contributed by atoms with Gasteiger partial charge in [-0.05, 0) is 19.4 Å². The van der Waals surface area contributed by atoms with Crippen molar-refractivity contribution < 1.29 is 7.86 Å². The summed E-state index contributed by atoms with van der Waals surface area (Å²) in [4.78, 5) is 10.9. The first kappa shape index (κ1) is 8.26. The average molecular weight is 255 g/mol. The Morgan fingerprint density at radius 3 is 2.90 bits per heavy atom. The molecule has 4 heteroatoms. The second kappa shape index (κ2) is 4.12. The van der Waals surface area contributed by atoms with E-state index < -0.39 is 0 Å². The van der Waals surface area contributed by atoms with Crippen LogP contribution in [0.3, 0.4) is 0 Å². The molecule has 0 aromatic heterocycles. The monoisotopic (exact) mass is 255 g/mol. The molecule has 0 aliphatic carbocycles. The van der Waals surface area contributed by atoms with E-state index in [1.54, 1.807) is 23.0 Å². The summed E-state index contributed by atoms with van der Waals surface area (Å²) in [5.41, 5.74) is 0. The maximum absolute atomic E-state index is 10.9. The smallest absolute Gasteiger partial charge is 0.332 e. The predicted molar refractivity (Wildman–Crippen MR) is 45.8 cm³/mol. The van der Waals surface area contributed by atoms with E-state index in [1.165, 1.54) is 6.42 Å². The minimum Gasteiger partial charge on any atom is -0.393 e. The Labute approximate surface area is 74.2 Å². The minimum absolute atomic E-state index is 0.0503. The molecule has 58 valence electrons. The number of hydrogen-bond acceptors (Lipinski definition) is 3. The first-order chi connectivity index (χ1) is 4.84. The van der Waals surface area contributed by atoms with Gasteiger partial charge in [0.15, 0.2) is 23.0 Å². The van der Waals surface area contributed by atoms with Gasteiger partial charge in [0, 0.05) is 0 Å². The van der Waals surface area contributed by atoms with Gasteiger partial charge < -0.3 is 8.38 Å². The molecule has 1 rings (SSSR count). The van der Waals surface area contributed by atoms with E-state index in [0.717, 1.165) is 19.4 Å². The van der Waals surface area contributed by atoms with Crippen molar-refractivity contribution in [3.05, 3.63) is 0 Å². The number of halogens is 1. The van der Waals surface area contributed by atoms with Crippen LogP contribution in [0.4, 0.5) is 0 Å². The van der Waals surface area contributed by atoms with Crippen LogP contribution >= 0.6 is 23.0 Å².